The van der Waals surface area contributed by atoms with E-state index in [1.54, 1.807) is 0 Å². The molecule has 7 aliphatic rings. The molecule has 5 aromatic rings. The highest BCUT2D eigenvalue weighted by Crippen LogP contribution is 2.50. The number of nitrogens with one attached hydrogen (secondary N) is 7. The lowest BCUT2D eigenvalue weighted by molar-refractivity contribution is -0.333. The minimum atomic E-state index is -2.33. The molecule has 33 nitrogen and oxygen atoms in total. The lowest BCUT2D eigenvalue weighted by Gasteiger charge is -2.47. The second-order valence-electron chi connectivity index (χ2n) is 25.9. The van der Waals surface area contributed by atoms with E-state index in [4.69, 9.17) is 67.8 Å². The summed E-state index contributed by atoms with van der Waals surface area (Å²) in [6.07, 6.45) is -18.4. The van der Waals surface area contributed by atoms with Gasteiger partial charge in [0.05, 0.1) is 48.4 Å². The number of hydrogen-bond acceptors (Lipinski definition) is 26. The van der Waals surface area contributed by atoms with E-state index in [1.165, 1.54) is 39.1 Å². The number of methoxy groups -OCH3 is 1. The molecule has 18 atom stereocenters. The van der Waals surface area contributed by atoms with Crippen LogP contribution in [-0.2, 0) is 57.3 Å². The van der Waals surface area contributed by atoms with Crippen LogP contribution in [0.4, 0.5) is 0 Å². The van der Waals surface area contributed by atoms with E-state index in [-0.39, 0.29) is 52.0 Å². The Bertz CT molecular complexity index is 4090. The molecule has 0 spiro atoms. The SMILES string of the molecule is CNC(CC(C)C)C(=O)NC1C(=O)NC(CC(N)=O)C(=O)NC2C(=O)NC3C(=O)NC(C(=O)NC(C(=O)OC)c4cc(O)cc(O)c4-c4cc3ccc4O)C(O)c3ccc(c(Cl)c3)Oc3cc2cc(c3O[C@@H]2O[C@H](CO)[C@@H](O)[C@H](O)[C@H]2OC2CC(C)(N)C(O)C(C)O2)Oc2ccc(cc2Cl)C1O. The van der Waals surface area contributed by atoms with Crippen LogP contribution in [0.2, 0.25) is 10.0 Å². The minimum Gasteiger partial charge on any atom is -0.508 e. The Hall–Kier alpha value is -9.20. The van der Waals surface area contributed by atoms with Crippen molar-refractivity contribution in [2.24, 2.45) is 17.4 Å². The Balaban J connectivity index is 1.24. The van der Waals surface area contributed by atoms with Crippen LogP contribution in [0.3, 0.4) is 0 Å². The van der Waals surface area contributed by atoms with Gasteiger partial charge in [-0.3, -0.25) is 33.6 Å². The summed E-state index contributed by atoms with van der Waals surface area (Å²) < 4.78 is 43.4. The first kappa shape index (κ1) is 75.5. The van der Waals surface area contributed by atoms with Gasteiger partial charge in [-0.05, 0) is 110 Å². The monoisotopic (exact) mass is 1460 g/mol. The molecule has 13 unspecified atom stereocenters. The van der Waals surface area contributed by atoms with Crippen LogP contribution < -0.4 is 62.9 Å². The second kappa shape index (κ2) is 30.8. The Labute approximate surface area is 591 Å². The standard InChI is InChI=1S/C67H77Cl2N9O24/c1-24(2)13-35(72-5)59(89)77-50-52(84)27-8-11-39(33(68)15-27)98-41-17-29-18-42(56(41)102-66-57(55(87)54(86)43(23-79)100-66)101-45-22-67(4,71)58(88)25(3)97-45)99-40-12-9-28(16-34(40)69)53(85)51-64(94)76-49(65(95)96-6)32-19-30(80)20-38(82)46(32)31-14-26(7-10-37(31)81)47(61(91)78-51)75-62(92)48(29)74-60(90)36(21-44(70)83)73-63(50)93/h7-12,14-20,24-25,35-36,43,45,47-55,57-58,66,72,79-82,84-88H,13,21-23,71H2,1-6H3,(H2,70,83)(H,73,93)(H,74,90)(H,75,92)(H,76,94)(H,77,89)(H,78,91)/t25?,35?,36?,43-,45?,47?,48?,49?,50?,51?,52?,53?,54-,55+,57-,58?,66+,67?/m1/s1. The molecule has 2 fully saturated rings. The number of likely N-dealkylation sites (N-methyl/N-ethyl adjacent to an activating group) is 1. The smallest absolute Gasteiger partial charge is 0.333 e. The van der Waals surface area contributed by atoms with Gasteiger partial charge in [0, 0.05) is 34.7 Å². The largest absolute Gasteiger partial charge is 0.508 e. The third kappa shape index (κ3) is 15.9. The van der Waals surface area contributed by atoms with Crippen molar-refractivity contribution < 1.29 is 117 Å². The second-order valence-corrected chi connectivity index (χ2v) is 26.7. The van der Waals surface area contributed by atoms with Crippen molar-refractivity contribution in [1.29, 1.82) is 0 Å². The molecular formula is C67H77Cl2N9O24. The summed E-state index contributed by atoms with van der Waals surface area (Å²) >= 11 is 14.2. The predicted octanol–water partition coefficient (Wildman–Crippen LogP) is 0.195. The number of carbonyl (C=O) groups is 8. The average Bonchev–Trinajstić information content (AvgIpc) is 0.770. The molecule has 0 radical (unpaired) electrons. The number of phenols is 3. The first-order valence-corrected chi connectivity index (χ1v) is 32.8. The maximum atomic E-state index is 16.1. The lowest BCUT2D eigenvalue weighted by Crippen LogP contribution is -2.64. The number of halogens is 2. The first-order chi connectivity index (χ1) is 48.2. The number of aromatic hydroxyl groups is 3. The number of rotatable bonds is 13. The normalized spacial score (nSPS) is 29.2. The van der Waals surface area contributed by atoms with Crippen LogP contribution in [0.15, 0.2) is 78.9 Å². The summed E-state index contributed by atoms with van der Waals surface area (Å²) in [7, 11) is 2.42. The number of benzene rings is 5. The summed E-state index contributed by atoms with van der Waals surface area (Å²) in [5.41, 5.74) is 8.41. The summed E-state index contributed by atoms with van der Waals surface area (Å²) in [6, 6.07) is 0.0753. The van der Waals surface area contributed by atoms with E-state index in [2.05, 4.69) is 37.2 Å². The molecule has 0 aromatic heterocycles. The molecule has 7 amide bonds. The van der Waals surface area contributed by atoms with E-state index in [0.717, 1.165) is 67.8 Å². The highest BCUT2D eigenvalue weighted by atomic mass is 35.5. The van der Waals surface area contributed by atoms with E-state index in [0.29, 0.717) is 0 Å². The molecule has 548 valence electrons. The molecule has 7 heterocycles. The third-order valence-electron chi connectivity index (χ3n) is 18.0. The number of aliphatic hydroxyl groups excluding tert-OH is 6. The van der Waals surface area contributed by atoms with E-state index >= 15 is 14.4 Å². The molecule has 7 aliphatic heterocycles. The topological polar surface area (TPSA) is 519 Å². The van der Waals surface area contributed by atoms with Crippen molar-refractivity contribution in [2.75, 3.05) is 20.8 Å². The van der Waals surface area contributed by atoms with Crippen LogP contribution in [0.1, 0.15) is 105 Å². The molecular weight excluding hydrogens is 1390 g/mol. The first-order valence-electron chi connectivity index (χ1n) is 32.0. The number of nitrogens with two attached hydrogens (primary N) is 2. The Kier molecular flexibility index (Phi) is 22.8. The number of primary amides is 1. The van der Waals surface area contributed by atoms with Gasteiger partial charge >= 0.3 is 5.97 Å². The zero-order valence-corrected chi connectivity index (χ0v) is 56.8. The summed E-state index contributed by atoms with van der Waals surface area (Å²) in [6.45, 7) is 5.68. The van der Waals surface area contributed by atoms with Crippen LogP contribution in [0.25, 0.3) is 11.1 Å². The highest BCUT2D eigenvalue weighted by Gasteiger charge is 2.51. The quantitative estimate of drug-likeness (QED) is 0.0700. The Morgan fingerprint density at radius 3 is 1.91 bits per heavy atom. The van der Waals surface area contributed by atoms with Crippen LogP contribution in [-0.4, -0.2) is 193 Å². The molecule has 35 heteroatoms. The van der Waals surface area contributed by atoms with Crippen molar-refractivity contribution in [3.63, 3.8) is 0 Å². The van der Waals surface area contributed by atoms with Gasteiger partial charge in [-0.1, -0.05) is 55.2 Å². The molecule has 11 bridgehead atoms. The maximum Gasteiger partial charge on any atom is 0.333 e. The Morgan fingerprint density at radius 2 is 1.32 bits per heavy atom. The summed E-state index contributed by atoms with van der Waals surface area (Å²) in [5, 5.41) is 121. The van der Waals surface area contributed by atoms with Gasteiger partial charge in [0.1, 0.15) is 89.5 Å². The number of amides is 7. The number of carbonyl (C=O) groups excluding carboxylic acids is 8. The summed E-state index contributed by atoms with van der Waals surface area (Å²) in [5.74, 6) is -15.0. The number of ether oxygens (including phenoxy) is 7. The van der Waals surface area contributed by atoms with Crippen molar-refractivity contribution in [1.82, 2.24) is 37.2 Å². The molecule has 2 saturated heterocycles. The number of phenolic OH excluding ortho intramolecular Hbond substituents is 3. The molecule has 102 heavy (non-hydrogen) atoms. The van der Waals surface area contributed by atoms with Gasteiger partial charge in [0.25, 0.3) is 0 Å². The fourth-order valence-corrected chi connectivity index (χ4v) is 13.1. The van der Waals surface area contributed by atoms with Crippen LogP contribution in [0.5, 0.6) is 46.0 Å². The molecule has 5 aromatic carbocycles. The number of esters is 1. The van der Waals surface area contributed by atoms with Crippen molar-refractivity contribution >= 4 is 70.5 Å². The third-order valence-corrected chi connectivity index (χ3v) is 18.6. The van der Waals surface area contributed by atoms with Crippen molar-refractivity contribution in [2.45, 2.75) is 156 Å². The zero-order chi connectivity index (χ0) is 74.2. The minimum absolute atomic E-state index is 0.0940. The van der Waals surface area contributed by atoms with Crippen molar-refractivity contribution in [3.05, 3.63) is 117 Å². The molecule has 12 rings (SSSR count). The fraction of sp³-hybridized carbons (Fsp3) is 0.433. The molecule has 20 N–H and O–H groups in total. The van der Waals surface area contributed by atoms with Crippen LogP contribution in [0, 0.1) is 5.92 Å². The van der Waals surface area contributed by atoms with Gasteiger partial charge in [0.15, 0.2) is 29.9 Å². The van der Waals surface area contributed by atoms with Gasteiger partial charge < -0.3 is 128 Å². The zero-order valence-electron chi connectivity index (χ0n) is 55.3. The van der Waals surface area contributed by atoms with Gasteiger partial charge in [-0.2, -0.15) is 0 Å². The van der Waals surface area contributed by atoms with E-state index in [9.17, 15) is 69.9 Å². The average molecular weight is 1460 g/mol. The van der Waals surface area contributed by atoms with Gasteiger partial charge in [-0.15, -0.1) is 0 Å². The lowest BCUT2D eigenvalue weighted by atomic mass is 9.86. The number of aliphatic hydroxyl groups is 6. The predicted molar refractivity (Wildman–Crippen MR) is 354 cm³/mol. The maximum absolute atomic E-state index is 16.1. The number of hydrogen-bond donors (Lipinski definition) is 18. The van der Waals surface area contributed by atoms with Gasteiger partial charge in [-0.25, -0.2) is 4.79 Å². The van der Waals surface area contributed by atoms with Gasteiger partial charge in [0.2, 0.25) is 53.4 Å². The van der Waals surface area contributed by atoms with Crippen molar-refractivity contribution in [3.8, 4) is 57.1 Å². The summed E-state index contributed by atoms with van der Waals surface area (Å²) in [4.78, 5) is 118. The molecule has 0 aliphatic carbocycles. The fourth-order valence-electron chi connectivity index (χ4n) is 12.6. The van der Waals surface area contributed by atoms with Crippen LogP contribution >= 0.6 is 23.2 Å². The van der Waals surface area contributed by atoms with E-state index < -0.39 is 231 Å². The van der Waals surface area contributed by atoms with E-state index in [1.807, 2.05) is 13.8 Å². The molecule has 0 saturated carbocycles. The highest BCUT2D eigenvalue weighted by molar-refractivity contribution is 6.32. The Morgan fingerprint density at radius 1 is 0.716 bits per heavy atom. The number of fused-ring (bicyclic) bond motifs is 15.